The summed E-state index contributed by atoms with van der Waals surface area (Å²) < 4.78 is 5.31. The van der Waals surface area contributed by atoms with E-state index >= 15 is 0 Å². The number of thioether (sulfide) groups is 1. The Hall–Kier alpha value is 0.310. The van der Waals surface area contributed by atoms with Gasteiger partial charge in [0.1, 0.15) is 0 Å². The van der Waals surface area contributed by atoms with Crippen LogP contribution in [-0.4, -0.2) is 24.2 Å². The zero-order chi connectivity index (χ0) is 6.85. The molecule has 0 aromatic rings. The summed E-state index contributed by atoms with van der Waals surface area (Å²) >= 11 is 2.01. The molecular formula is C7H14OS. The van der Waals surface area contributed by atoms with Crippen LogP contribution in [0.4, 0.5) is 0 Å². The van der Waals surface area contributed by atoms with Gasteiger partial charge in [0.15, 0.2) is 0 Å². The lowest BCUT2D eigenvalue weighted by molar-refractivity contribution is 0.0751. The molecule has 9 heavy (non-hydrogen) atoms. The largest absolute Gasteiger partial charge is 0.380 e. The molecule has 0 aromatic heterocycles. The summed E-state index contributed by atoms with van der Waals surface area (Å²) in [7, 11) is 1.81. The molecule has 1 aliphatic rings. The molecule has 3 unspecified atom stereocenters. The number of ether oxygens (including phenoxy) is 1. The Balaban J connectivity index is 2.44. The van der Waals surface area contributed by atoms with E-state index in [4.69, 9.17) is 4.74 Å². The van der Waals surface area contributed by atoms with Gasteiger partial charge in [0.25, 0.3) is 0 Å². The summed E-state index contributed by atoms with van der Waals surface area (Å²) in [4.78, 5) is 0. The molecular weight excluding hydrogens is 132 g/mol. The van der Waals surface area contributed by atoms with E-state index in [1.165, 1.54) is 5.75 Å². The monoisotopic (exact) mass is 146 g/mol. The number of hydrogen-bond acceptors (Lipinski definition) is 2. The summed E-state index contributed by atoms with van der Waals surface area (Å²) in [5.41, 5.74) is 0. The quantitative estimate of drug-likeness (QED) is 0.557. The fourth-order valence-electron chi connectivity index (χ4n) is 1.38. The van der Waals surface area contributed by atoms with Crippen molar-refractivity contribution in [3.05, 3.63) is 0 Å². The molecule has 0 amide bonds. The van der Waals surface area contributed by atoms with Gasteiger partial charge < -0.3 is 4.74 Å². The first-order chi connectivity index (χ1) is 4.25. The molecule has 1 rings (SSSR count). The number of rotatable bonds is 1. The Morgan fingerprint density at radius 2 is 2.11 bits per heavy atom. The molecule has 54 valence electrons. The fourth-order valence-corrected chi connectivity index (χ4v) is 2.75. The molecule has 3 atom stereocenters. The fraction of sp³-hybridized carbons (Fsp3) is 1.00. The van der Waals surface area contributed by atoms with E-state index in [-0.39, 0.29) is 0 Å². The highest BCUT2D eigenvalue weighted by Crippen LogP contribution is 2.32. The third-order valence-electron chi connectivity index (χ3n) is 1.92. The molecule has 2 heteroatoms. The van der Waals surface area contributed by atoms with Gasteiger partial charge in [-0.15, -0.1) is 0 Å². The van der Waals surface area contributed by atoms with Gasteiger partial charge in [-0.2, -0.15) is 11.8 Å². The average molecular weight is 146 g/mol. The number of hydrogen-bond donors (Lipinski definition) is 0. The molecule has 0 aliphatic carbocycles. The van der Waals surface area contributed by atoms with Crippen molar-refractivity contribution in [2.24, 2.45) is 5.92 Å². The highest BCUT2D eigenvalue weighted by atomic mass is 32.2. The molecule has 0 aromatic carbocycles. The maximum Gasteiger partial charge on any atom is 0.0720 e. The van der Waals surface area contributed by atoms with Crippen LogP contribution in [0.5, 0.6) is 0 Å². The van der Waals surface area contributed by atoms with Crippen LogP contribution in [0, 0.1) is 5.92 Å². The van der Waals surface area contributed by atoms with Crippen molar-refractivity contribution in [1.82, 2.24) is 0 Å². The van der Waals surface area contributed by atoms with Crippen molar-refractivity contribution in [1.29, 1.82) is 0 Å². The first-order valence-corrected chi connectivity index (χ1v) is 4.45. The maximum absolute atomic E-state index is 5.31. The Labute approximate surface area is 61.2 Å². The van der Waals surface area contributed by atoms with E-state index in [9.17, 15) is 0 Å². The molecule has 1 nitrogen and oxygen atoms in total. The minimum absolute atomic E-state index is 0.495. The van der Waals surface area contributed by atoms with Gasteiger partial charge in [-0.05, 0) is 11.7 Å². The Kier molecular flexibility index (Phi) is 2.42. The lowest BCUT2D eigenvalue weighted by Gasteiger charge is -2.15. The molecule has 0 spiro atoms. The highest BCUT2D eigenvalue weighted by Gasteiger charge is 2.30. The van der Waals surface area contributed by atoms with Crippen molar-refractivity contribution in [3.8, 4) is 0 Å². The SMILES string of the molecule is COC1C(C)CSC1C. The first kappa shape index (κ1) is 7.42. The topological polar surface area (TPSA) is 9.23 Å². The van der Waals surface area contributed by atoms with Crippen LogP contribution in [0.25, 0.3) is 0 Å². The first-order valence-electron chi connectivity index (χ1n) is 3.40. The van der Waals surface area contributed by atoms with Gasteiger partial charge in [-0.25, -0.2) is 0 Å². The minimum Gasteiger partial charge on any atom is -0.380 e. The van der Waals surface area contributed by atoms with E-state index in [0.29, 0.717) is 11.4 Å². The second-order valence-corrected chi connectivity index (χ2v) is 4.13. The van der Waals surface area contributed by atoms with Crippen molar-refractivity contribution < 1.29 is 4.74 Å². The van der Waals surface area contributed by atoms with Crippen LogP contribution in [0.15, 0.2) is 0 Å². The summed E-state index contributed by atoms with van der Waals surface area (Å²) in [6.07, 6.45) is 0.495. The van der Waals surface area contributed by atoms with E-state index in [1.807, 2.05) is 18.9 Å². The van der Waals surface area contributed by atoms with Crippen LogP contribution < -0.4 is 0 Å². The normalized spacial score (nSPS) is 43.7. The van der Waals surface area contributed by atoms with Gasteiger partial charge in [-0.1, -0.05) is 13.8 Å². The van der Waals surface area contributed by atoms with Gasteiger partial charge >= 0.3 is 0 Å². The van der Waals surface area contributed by atoms with Crippen LogP contribution in [0.1, 0.15) is 13.8 Å². The Bertz CT molecular complexity index is 84.9. The lowest BCUT2D eigenvalue weighted by Crippen LogP contribution is -2.23. The van der Waals surface area contributed by atoms with Gasteiger partial charge in [-0.3, -0.25) is 0 Å². The van der Waals surface area contributed by atoms with E-state index in [2.05, 4.69) is 13.8 Å². The summed E-state index contributed by atoms with van der Waals surface area (Å²) in [6, 6.07) is 0. The Morgan fingerprint density at radius 1 is 1.44 bits per heavy atom. The van der Waals surface area contributed by atoms with Crippen LogP contribution in [-0.2, 0) is 4.74 Å². The second kappa shape index (κ2) is 2.93. The van der Waals surface area contributed by atoms with Gasteiger partial charge in [0.05, 0.1) is 6.10 Å². The smallest absolute Gasteiger partial charge is 0.0720 e. The second-order valence-electron chi connectivity index (χ2n) is 2.72. The minimum atomic E-state index is 0.495. The van der Waals surface area contributed by atoms with Gasteiger partial charge in [0, 0.05) is 12.4 Å². The third kappa shape index (κ3) is 1.41. The molecule has 0 bridgehead atoms. The lowest BCUT2D eigenvalue weighted by atomic mass is 10.1. The zero-order valence-corrected chi connectivity index (χ0v) is 7.07. The summed E-state index contributed by atoms with van der Waals surface area (Å²) in [5, 5.41) is 0.699. The van der Waals surface area contributed by atoms with E-state index < -0.39 is 0 Å². The van der Waals surface area contributed by atoms with E-state index in [1.54, 1.807) is 0 Å². The van der Waals surface area contributed by atoms with E-state index in [0.717, 1.165) is 5.92 Å². The van der Waals surface area contributed by atoms with Crippen molar-refractivity contribution in [2.75, 3.05) is 12.9 Å². The highest BCUT2D eigenvalue weighted by molar-refractivity contribution is 8.00. The molecule has 0 N–H and O–H groups in total. The molecule has 0 saturated carbocycles. The molecule has 1 fully saturated rings. The molecule has 1 aliphatic heterocycles. The molecule has 0 radical (unpaired) electrons. The van der Waals surface area contributed by atoms with Gasteiger partial charge in [0.2, 0.25) is 0 Å². The zero-order valence-electron chi connectivity index (χ0n) is 6.26. The Morgan fingerprint density at radius 3 is 2.33 bits per heavy atom. The number of methoxy groups -OCH3 is 1. The predicted molar refractivity (Wildman–Crippen MR) is 41.9 cm³/mol. The standard InChI is InChI=1S/C7H14OS/c1-5-4-9-6(2)7(5)8-3/h5-7H,4H2,1-3H3. The predicted octanol–water partition coefficient (Wildman–Crippen LogP) is 1.77. The average Bonchev–Trinajstić information content (AvgIpc) is 2.12. The third-order valence-corrected chi connectivity index (χ3v) is 3.43. The maximum atomic E-state index is 5.31. The van der Waals surface area contributed by atoms with Crippen molar-refractivity contribution >= 4 is 11.8 Å². The van der Waals surface area contributed by atoms with Crippen LogP contribution >= 0.6 is 11.8 Å². The van der Waals surface area contributed by atoms with Crippen molar-refractivity contribution in [2.45, 2.75) is 25.2 Å². The van der Waals surface area contributed by atoms with Crippen molar-refractivity contribution in [3.63, 3.8) is 0 Å². The molecule has 1 heterocycles. The van der Waals surface area contributed by atoms with Crippen LogP contribution in [0.2, 0.25) is 0 Å². The molecule has 1 saturated heterocycles. The summed E-state index contributed by atoms with van der Waals surface area (Å²) in [5.74, 6) is 2.01. The summed E-state index contributed by atoms with van der Waals surface area (Å²) in [6.45, 7) is 4.49. The van der Waals surface area contributed by atoms with Crippen LogP contribution in [0.3, 0.4) is 0 Å².